The van der Waals surface area contributed by atoms with E-state index in [0.29, 0.717) is 42.6 Å². The van der Waals surface area contributed by atoms with Crippen molar-refractivity contribution in [2.24, 2.45) is 0 Å². The molecule has 0 aliphatic carbocycles. The lowest BCUT2D eigenvalue weighted by Crippen LogP contribution is -2.31. The average molecular weight is 517 g/mol. The Morgan fingerprint density at radius 3 is 2.77 bits per heavy atom. The molecule has 2 aliphatic rings. The number of nitrogens with zero attached hydrogens (tertiary/aromatic N) is 4. The highest BCUT2D eigenvalue weighted by atomic mass is 32.2. The van der Waals surface area contributed by atoms with Gasteiger partial charge in [-0.1, -0.05) is 30.9 Å². The number of rotatable bonds is 6. The van der Waals surface area contributed by atoms with Gasteiger partial charge in [0.15, 0.2) is 22.4 Å². The van der Waals surface area contributed by atoms with Gasteiger partial charge in [0.25, 0.3) is 0 Å². The minimum atomic E-state index is -3.09. The Labute approximate surface area is 206 Å². The quantitative estimate of drug-likeness (QED) is 0.331. The maximum absolute atomic E-state index is 15.0. The summed E-state index contributed by atoms with van der Waals surface area (Å²) in [6, 6.07) is 4.73. The Morgan fingerprint density at radius 2 is 2.11 bits per heavy atom. The number of aldehydes is 1. The first-order valence-electron chi connectivity index (χ1n) is 11.5. The highest BCUT2D eigenvalue weighted by molar-refractivity contribution is 7.91. The van der Waals surface area contributed by atoms with E-state index in [1.807, 2.05) is 6.20 Å². The summed E-state index contributed by atoms with van der Waals surface area (Å²) in [5.41, 5.74) is 5.67. The number of carbonyl (C=O) groups is 1. The molecule has 1 saturated heterocycles. The summed E-state index contributed by atoms with van der Waals surface area (Å²) in [6.45, 7) is 7.33. The molecule has 1 aromatic carbocycles. The van der Waals surface area contributed by atoms with E-state index in [4.69, 9.17) is 4.74 Å². The summed E-state index contributed by atoms with van der Waals surface area (Å²) in [5, 5.41) is 8.31. The van der Waals surface area contributed by atoms with Crippen molar-refractivity contribution in [1.29, 1.82) is 0 Å². The van der Waals surface area contributed by atoms with Crippen molar-refractivity contribution in [3.63, 3.8) is 0 Å². The zero-order chi connectivity index (χ0) is 25.2. The van der Waals surface area contributed by atoms with E-state index < -0.39 is 30.0 Å². The minimum absolute atomic E-state index is 0.0176. The second-order valence-corrected chi connectivity index (χ2v) is 16.8. The van der Waals surface area contributed by atoms with Gasteiger partial charge in [-0.2, -0.15) is 0 Å². The molecular formula is C24H29FN4O4SSi. The lowest BCUT2D eigenvalue weighted by atomic mass is 10.0. The van der Waals surface area contributed by atoms with Crippen LogP contribution < -0.4 is 4.90 Å². The maximum atomic E-state index is 15.0. The van der Waals surface area contributed by atoms with Gasteiger partial charge in [-0.05, 0) is 30.2 Å². The van der Waals surface area contributed by atoms with Crippen LogP contribution in [0.15, 0.2) is 30.5 Å². The molecule has 3 heterocycles. The predicted molar refractivity (Wildman–Crippen MR) is 135 cm³/mol. The zero-order valence-corrected chi connectivity index (χ0v) is 21.9. The van der Waals surface area contributed by atoms with Gasteiger partial charge in [0.05, 0.1) is 36.3 Å². The van der Waals surface area contributed by atoms with Crippen molar-refractivity contribution in [2.45, 2.75) is 51.4 Å². The summed E-state index contributed by atoms with van der Waals surface area (Å²) >= 11 is 0. The van der Waals surface area contributed by atoms with Crippen LogP contribution in [0.1, 0.15) is 17.7 Å². The van der Waals surface area contributed by atoms with E-state index in [2.05, 4.69) is 41.4 Å². The van der Waals surface area contributed by atoms with Crippen molar-refractivity contribution in [1.82, 2.24) is 15.0 Å². The fourth-order valence-electron chi connectivity index (χ4n) is 4.08. The largest absolute Gasteiger partial charge is 0.344 e. The maximum Gasteiger partial charge on any atom is 0.187 e. The molecule has 2 aromatic rings. The monoisotopic (exact) mass is 516 g/mol. The Balaban J connectivity index is 1.43. The van der Waals surface area contributed by atoms with Crippen molar-refractivity contribution < 1.29 is 22.3 Å². The van der Waals surface area contributed by atoms with Gasteiger partial charge in [0.1, 0.15) is 13.9 Å². The van der Waals surface area contributed by atoms with Gasteiger partial charge in [0.2, 0.25) is 0 Å². The zero-order valence-electron chi connectivity index (χ0n) is 20.1. The van der Waals surface area contributed by atoms with Crippen LogP contribution in [0.2, 0.25) is 19.6 Å². The van der Waals surface area contributed by atoms with Crippen molar-refractivity contribution >= 4 is 35.5 Å². The van der Waals surface area contributed by atoms with E-state index in [1.165, 1.54) is 6.07 Å². The van der Waals surface area contributed by atoms with Crippen molar-refractivity contribution in [3.8, 4) is 11.5 Å². The van der Waals surface area contributed by atoms with Crippen LogP contribution in [0.5, 0.6) is 0 Å². The summed E-state index contributed by atoms with van der Waals surface area (Å²) in [7, 11) is -4.53. The number of ether oxygens (including phenoxy) is 1. The molecule has 1 fully saturated rings. The summed E-state index contributed by atoms with van der Waals surface area (Å²) < 4.78 is 45.8. The standard InChI is InChI=1S/C24H29FN4O4SSi/c1-35(2,3)12-4-5-19-14-28(27-26-19)15-21-16-29(24(17-30)33-21)20-6-7-22(23(25)13-20)18-8-10-34(31,32)11-9-18/h6-8,13-14,17,21,24H,5,9-11,15-16H2,1-3H3. The number of allylic oxidation sites excluding steroid dienone is 1. The highest BCUT2D eigenvalue weighted by Crippen LogP contribution is 2.31. The molecule has 35 heavy (non-hydrogen) atoms. The highest BCUT2D eigenvalue weighted by Gasteiger charge is 2.34. The third-order valence-electron chi connectivity index (χ3n) is 5.76. The number of sulfone groups is 1. The summed E-state index contributed by atoms with van der Waals surface area (Å²) in [6.07, 6.45) is 3.74. The number of anilines is 1. The Kier molecular flexibility index (Phi) is 7.26. The van der Waals surface area contributed by atoms with Gasteiger partial charge in [0, 0.05) is 24.0 Å². The molecule has 8 nitrogen and oxygen atoms in total. The van der Waals surface area contributed by atoms with Crippen LogP contribution in [-0.4, -0.2) is 68.2 Å². The molecule has 0 N–H and O–H groups in total. The Hall–Kier alpha value is -2.81. The van der Waals surface area contributed by atoms with Crippen LogP contribution in [0, 0.1) is 17.3 Å². The molecule has 0 saturated carbocycles. The smallest absolute Gasteiger partial charge is 0.187 e. The second kappa shape index (κ2) is 10.0. The number of hydrogen-bond donors (Lipinski definition) is 0. The van der Waals surface area contributed by atoms with Crippen LogP contribution in [0.4, 0.5) is 10.1 Å². The van der Waals surface area contributed by atoms with E-state index in [9.17, 15) is 17.6 Å². The van der Waals surface area contributed by atoms with Crippen LogP contribution in [0.3, 0.4) is 0 Å². The molecule has 4 rings (SSSR count). The van der Waals surface area contributed by atoms with E-state index in [1.54, 1.807) is 27.8 Å². The lowest BCUT2D eigenvalue weighted by Gasteiger charge is -2.22. The van der Waals surface area contributed by atoms with Gasteiger partial charge in [-0.15, -0.1) is 16.6 Å². The molecule has 0 amide bonds. The fraction of sp³-hybridized carbons (Fsp3) is 0.458. The van der Waals surface area contributed by atoms with Crippen LogP contribution >= 0.6 is 0 Å². The normalized spacial score (nSPS) is 21.8. The predicted octanol–water partition coefficient (Wildman–Crippen LogP) is 2.47. The lowest BCUT2D eigenvalue weighted by molar-refractivity contribution is -0.117. The van der Waals surface area contributed by atoms with E-state index in [-0.39, 0.29) is 24.0 Å². The van der Waals surface area contributed by atoms with Crippen molar-refractivity contribution in [2.75, 3.05) is 23.0 Å². The topological polar surface area (TPSA) is 94.4 Å². The summed E-state index contributed by atoms with van der Waals surface area (Å²) in [4.78, 5) is 13.4. The molecule has 2 aliphatic heterocycles. The molecular weight excluding hydrogens is 487 g/mol. The molecule has 2 unspecified atom stereocenters. The number of aromatic nitrogens is 3. The number of halogens is 1. The number of benzene rings is 1. The fourth-order valence-corrected chi connectivity index (χ4v) is 5.85. The average Bonchev–Trinajstić information content (AvgIpc) is 3.40. The van der Waals surface area contributed by atoms with Gasteiger partial charge in [-0.3, -0.25) is 4.79 Å². The molecule has 2 atom stereocenters. The Morgan fingerprint density at radius 1 is 1.31 bits per heavy atom. The van der Waals surface area contributed by atoms with Crippen LogP contribution in [-0.2, 0) is 32.3 Å². The molecule has 0 spiro atoms. The molecule has 11 heteroatoms. The number of carbonyl (C=O) groups excluding carboxylic acids is 1. The minimum Gasteiger partial charge on any atom is -0.344 e. The second-order valence-electron chi connectivity index (χ2n) is 9.86. The third-order valence-corrected chi connectivity index (χ3v) is 8.19. The summed E-state index contributed by atoms with van der Waals surface area (Å²) in [5.74, 6) is 2.66. The van der Waals surface area contributed by atoms with Gasteiger partial charge >= 0.3 is 0 Å². The van der Waals surface area contributed by atoms with Gasteiger partial charge in [-0.25, -0.2) is 17.5 Å². The van der Waals surface area contributed by atoms with E-state index >= 15 is 0 Å². The Bertz CT molecular complexity index is 1310. The number of hydrogen-bond acceptors (Lipinski definition) is 7. The molecule has 0 bridgehead atoms. The van der Waals surface area contributed by atoms with E-state index in [0.717, 1.165) is 5.69 Å². The van der Waals surface area contributed by atoms with Crippen molar-refractivity contribution in [3.05, 3.63) is 47.5 Å². The van der Waals surface area contributed by atoms with Crippen LogP contribution in [0.25, 0.3) is 5.57 Å². The SMILES string of the molecule is C[Si](C)(C)C#CCc1cn(CC2CN(c3ccc(C4=CCS(=O)(=O)CC4)c(F)c3)C(C=O)O2)nn1. The molecule has 186 valence electrons. The first kappa shape index (κ1) is 25.3. The third kappa shape index (κ3) is 6.45. The van der Waals surface area contributed by atoms with Gasteiger partial charge < -0.3 is 9.64 Å². The first-order chi connectivity index (χ1) is 16.5. The molecule has 0 radical (unpaired) electrons. The molecule has 1 aromatic heterocycles. The first-order valence-corrected chi connectivity index (χ1v) is 16.8.